The lowest BCUT2D eigenvalue weighted by molar-refractivity contribution is 0.0626. The zero-order chi connectivity index (χ0) is 19.8. The van der Waals surface area contributed by atoms with Crippen molar-refractivity contribution in [3.8, 4) is 0 Å². The summed E-state index contributed by atoms with van der Waals surface area (Å²) in [5.41, 5.74) is 1.33. The molecule has 2 aliphatic rings. The van der Waals surface area contributed by atoms with E-state index in [9.17, 15) is 0 Å². The fourth-order valence-electron chi connectivity index (χ4n) is 4.18. The van der Waals surface area contributed by atoms with Gasteiger partial charge in [0.2, 0.25) is 0 Å². The van der Waals surface area contributed by atoms with Crippen LogP contribution in [0.2, 0.25) is 0 Å². The van der Waals surface area contributed by atoms with Gasteiger partial charge in [-0.25, -0.2) is 9.98 Å². The average Bonchev–Trinajstić information content (AvgIpc) is 3.21. The van der Waals surface area contributed by atoms with E-state index in [-0.39, 0.29) is 24.0 Å². The van der Waals surface area contributed by atoms with Gasteiger partial charge in [0.1, 0.15) is 0 Å². The number of nitrogens with one attached hydrogen (secondary N) is 2. The number of rotatable bonds is 7. The maximum atomic E-state index is 4.81. The lowest BCUT2D eigenvalue weighted by Gasteiger charge is -2.48. The first kappa shape index (κ1) is 25.0. The van der Waals surface area contributed by atoms with E-state index in [1.54, 1.807) is 11.3 Å². The van der Waals surface area contributed by atoms with Crippen LogP contribution in [0.3, 0.4) is 0 Å². The van der Waals surface area contributed by atoms with Crippen LogP contribution in [0.4, 0.5) is 5.13 Å². The van der Waals surface area contributed by atoms with Gasteiger partial charge in [-0.2, -0.15) is 11.8 Å². The summed E-state index contributed by atoms with van der Waals surface area (Å²) in [5.74, 6) is 3.46. The van der Waals surface area contributed by atoms with Crippen LogP contribution in [0.1, 0.15) is 44.7 Å². The molecule has 3 rings (SSSR count). The van der Waals surface area contributed by atoms with Crippen molar-refractivity contribution in [3.05, 3.63) is 11.1 Å². The van der Waals surface area contributed by atoms with E-state index in [4.69, 9.17) is 4.99 Å². The highest BCUT2D eigenvalue weighted by Crippen LogP contribution is 2.34. The van der Waals surface area contributed by atoms with Gasteiger partial charge in [0, 0.05) is 62.7 Å². The average molecular weight is 553 g/mol. The molecule has 0 unspecified atom stereocenters. The van der Waals surface area contributed by atoms with Crippen LogP contribution in [0.15, 0.2) is 10.4 Å². The van der Waals surface area contributed by atoms with E-state index in [0.717, 1.165) is 29.9 Å². The quantitative estimate of drug-likeness (QED) is 0.306. The number of aromatic nitrogens is 1. The number of nitrogens with zero attached hydrogens (tertiary/aromatic N) is 4. The first-order valence-electron chi connectivity index (χ1n) is 10.6. The van der Waals surface area contributed by atoms with Crippen molar-refractivity contribution in [2.24, 2.45) is 4.99 Å². The minimum Gasteiger partial charge on any atom is -0.357 e. The Morgan fingerprint density at radius 1 is 1.21 bits per heavy atom. The van der Waals surface area contributed by atoms with E-state index in [1.807, 2.05) is 19.0 Å². The lowest BCUT2D eigenvalue weighted by atomic mass is 9.80. The smallest absolute Gasteiger partial charge is 0.191 e. The van der Waals surface area contributed by atoms with Crippen molar-refractivity contribution >= 4 is 58.2 Å². The van der Waals surface area contributed by atoms with Gasteiger partial charge >= 0.3 is 0 Å². The monoisotopic (exact) mass is 552 g/mol. The van der Waals surface area contributed by atoms with Crippen molar-refractivity contribution in [1.29, 1.82) is 0 Å². The third-order valence-corrected chi connectivity index (χ3v) is 7.72. The molecule has 2 N–H and O–H groups in total. The topological polar surface area (TPSA) is 55.8 Å². The van der Waals surface area contributed by atoms with Crippen LogP contribution in [0.25, 0.3) is 0 Å². The fourth-order valence-corrected chi connectivity index (χ4v) is 5.83. The molecule has 1 saturated heterocycles. The summed E-state index contributed by atoms with van der Waals surface area (Å²) < 4.78 is 0. The van der Waals surface area contributed by atoms with Crippen molar-refractivity contribution in [1.82, 2.24) is 20.5 Å². The molecule has 0 aromatic carbocycles. The zero-order valence-electron chi connectivity index (χ0n) is 18.1. The number of thiazole rings is 1. The third-order valence-electron chi connectivity index (χ3n) is 5.72. The summed E-state index contributed by atoms with van der Waals surface area (Å²) in [4.78, 5) is 14.3. The Kier molecular flexibility index (Phi) is 10.8. The van der Waals surface area contributed by atoms with E-state index in [1.165, 1.54) is 56.7 Å². The van der Waals surface area contributed by atoms with E-state index < -0.39 is 0 Å². The Morgan fingerprint density at radius 2 is 1.93 bits per heavy atom. The van der Waals surface area contributed by atoms with Crippen molar-refractivity contribution in [2.75, 3.05) is 56.7 Å². The van der Waals surface area contributed by atoms with Gasteiger partial charge in [0.15, 0.2) is 11.1 Å². The molecule has 1 aromatic rings. The molecule has 0 bridgehead atoms. The molecule has 1 saturated carbocycles. The van der Waals surface area contributed by atoms with E-state index >= 15 is 0 Å². The maximum Gasteiger partial charge on any atom is 0.191 e. The zero-order valence-corrected chi connectivity index (χ0v) is 22.0. The van der Waals surface area contributed by atoms with Gasteiger partial charge in [0.05, 0.1) is 12.2 Å². The minimum absolute atomic E-state index is 0. The lowest BCUT2D eigenvalue weighted by Crippen LogP contribution is -2.59. The molecule has 1 aliphatic heterocycles. The second kappa shape index (κ2) is 12.6. The second-order valence-electron chi connectivity index (χ2n) is 7.95. The molecular weight excluding hydrogens is 515 g/mol. The Labute approximate surface area is 201 Å². The van der Waals surface area contributed by atoms with Gasteiger partial charge in [-0.1, -0.05) is 19.3 Å². The minimum atomic E-state index is 0. The summed E-state index contributed by atoms with van der Waals surface area (Å²) >= 11 is 3.77. The molecule has 0 radical (unpaired) electrons. The highest BCUT2D eigenvalue weighted by Gasteiger charge is 2.38. The Hall–Kier alpha value is -0.260. The predicted octanol–water partition coefficient (Wildman–Crippen LogP) is 3.63. The number of hydrogen-bond acceptors (Lipinski definition) is 6. The van der Waals surface area contributed by atoms with Crippen molar-refractivity contribution < 1.29 is 0 Å². The predicted molar refractivity (Wildman–Crippen MR) is 139 cm³/mol. The SMILES string of the molecule is CCNC(=NCc1csc(N(C)C)n1)NCC1(N2CCSCC2)CCCCC1.I. The molecule has 2 heterocycles. The summed E-state index contributed by atoms with van der Waals surface area (Å²) in [6.07, 6.45) is 6.71. The first-order valence-corrected chi connectivity index (χ1v) is 12.6. The molecule has 0 spiro atoms. The van der Waals surface area contributed by atoms with Crippen LogP contribution in [0, 0.1) is 0 Å². The standard InChI is InChI=1S/C20H36N6S2.HI/c1-4-21-18(22-14-17-15-28-19(24-17)25(2)3)23-16-20(8-6-5-7-9-20)26-10-12-27-13-11-26;/h15H,4-14,16H2,1-3H3,(H2,21,22,23);1H. The van der Waals surface area contributed by atoms with Gasteiger partial charge < -0.3 is 15.5 Å². The molecule has 0 atom stereocenters. The number of halogens is 1. The van der Waals surface area contributed by atoms with Gasteiger partial charge in [-0.05, 0) is 19.8 Å². The van der Waals surface area contributed by atoms with E-state index in [0.29, 0.717) is 12.1 Å². The summed E-state index contributed by atoms with van der Waals surface area (Å²) in [5, 5.41) is 10.2. The molecular formula is C20H37IN6S2. The van der Waals surface area contributed by atoms with Crippen LogP contribution < -0.4 is 15.5 Å². The Bertz CT molecular complexity index is 624. The number of aliphatic imine (C=N–C) groups is 1. The number of thioether (sulfide) groups is 1. The highest BCUT2D eigenvalue weighted by atomic mass is 127. The molecule has 1 aromatic heterocycles. The molecule has 166 valence electrons. The Morgan fingerprint density at radius 3 is 2.55 bits per heavy atom. The maximum absolute atomic E-state index is 4.81. The third kappa shape index (κ3) is 7.14. The van der Waals surface area contributed by atoms with Gasteiger partial charge in [-0.3, -0.25) is 4.90 Å². The van der Waals surface area contributed by atoms with Crippen LogP contribution in [-0.4, -0.2) is 73.2 Å². The van der Waals surface area contributed by atoms with Crippen LogP contribution >= 0.6 is 47.1 Å². The van der Waals surface area contributed by atoms with Gasteiger partial charge in [0.25, 0.3) is 0 Å². The van der Waals surface area contributed by atoms with E-state index in [2.05, 4.69) is 44.6 Å². The van der Waals surface area contributed by atoms with Crippen molar-refractivity contribution in [3.63, 3.8) is 0 Å². The number of guanidine groups is 1. The van der Waals surface area contributed by atoms with Crippen molar-refractivity contribution in [2.45, 2.75) is 51.1 Å². The molecule has 29 heavy (non-hydrogen) atoms. The summed E-state index contributed by atoms with van der Waals surface area (Å²) in [6, 6.07) is 0. The second-order valence-corrected chi connectivity index (χ2v) is 10.0. The molecule has 0 amide bonds. The largest absolute Gasteiger partial charge is 0.357 e. The summed E-state index contributed by atoms with van der Waals surface area (Å²) in [7, 11) is 4.06. The normalized spacial score (nSPS) is 20.0. The molecule has 9 heteroatoms. The molecule has 6 nitrogen and oxygen atoms in total. The Balaban J connectivity index is 0.00000300. The van der Waals surface area contributed by atoms with Crippen LogP contribution in [0.5, 0.6) is 0 Å². The highest BCUT2D eigenvalue weighted by molar-refractivity contribution is 14.0. The van der Waals surface area contributed by atoms with Gasteiger partial charge in [-0.15, -0.1) is 35.3 Å². The molecule has 1 aliphatic carbocycles. The summed E-state index contributed by atoms with van der Waals surface area (Å²) in [6.45, 7) is 7.07. The first-order chi connectivity index (χ1) is 13.6. The number of hydrogen-bond donors (Lipinski definition) is 2. The fraction of sp³-hybridized carbons (Fsp3) is 0.800. The number of anilines is 1. The van der Waals surface area contributed by atoms with Crippen LogP contribution in [-0.2, 0) is 6.54 Å². The molecule has 2 fully saturated rings.